The van der Waals surface area contributed by atoms with Gasteiger partial charge >= 0.3 is 11.9 Å². The minimum atomic E-state index is -0.665. The molecular formula is C11H20O4. The molecule has 0 heterocycles. The van der Waals surface area contributed by atoms with Crippen molar-refractivity contribution in [1.82, 2.24) is 0 Å². The van der Waals surface area contributed by atoms with Crippen molar-refractivity contribution in [2.75, 3.05) is 13.7 Å². The maximum Gasteiger partial charge on any atom is 0.311 e. The Morgan fingerprint density at radius 2 is 1.87 bits per heavy atom. The van der Waals surface area contributed by atoms with Crippen molar-refractivity contribution in [3.8, 4) is 0 Å². The van der Waals surface area contributed by atoms with Gasteiger partial charge in [-0.25, -0.2) is 0 Å². The van der Waals surface area contributed by atoms with Crippen molar-refractivity contribution in [3.05, 3.63) is 0 Å². The molecule has 0 aromatic rings. The van der Waals surface area contributed by atoms with Crippen LogP contribution in [0.4, 0.5) is 0 Å². The molecule has 0 N–H and O–H groups in total. The molecule has 0 saturated heterocycles. The van der Waals surface area contributed by atoms with E-state index in [1.165, 1.54) is 7.11 Å². The molecule has 0 aliphatic heterocycles. The summed E-state index contributed by atoms with van der Waals surface area (Å²) in [6, 6.07) is 0. The molecule has 0 saturated carbocycles. The molecule has 0 fully saturated rings. The smallest absolute Gasteiger partial charge is 0.311 e. The lowest BCUT2D eigenvalue weighted by molar-refractivity contribution is -0.155. The predicted molar refractivity (Wildman–Crippen MR) is 56.2 cm³/mol. The average Bonchev–Trinajstić information content (AvgIpc) is 2.16. The molecule has 0 bridgehead atoms. The van der Waals surface area contributed by atoms with Crippen LogP contribution in [0, 0.1) is 11.3 Å². The Balaban J connectivity index is 4.36. The van der Waals surface area contributed by atoms with Gasteiger partial charge in [0.05, 0.1) is 19.1 Å². The summed E-state index contributed by atoms with van der Waals surface area (Å²) in [5, 5.41) is 0. The van der Waals surface area contributed by atoms with E-state index in [2.05, 4.69) is 4.74 Å². The molecule has 4 heteroatoms. The molecule has 0 aliphatic rings. The molecule has 88 valence electrons. The molecule has 1 atom stereocenters. The van der Waals surface area contributed by atoms with Gasteiger partial charge < -0.3 is 9.47 Å². The number of carbonyl (C=O) groups is 2. The van der Waals surface area contributed by atoms with Crippen LogP contribution in [0.25, 0.3) is 0 Å². The van der Waals surface area contributed by atoms with Gasteiger partial charge in [0.15, 0.2) is 0 Å². The van der Waals surface area contributed by atoms with E-state index in [1.54, 1.807) is 20.8 Å². The van der Waals surface area contributed by atoms with Crippen molar-refractivity contribution in [2.24, 2.45) is 11.3 Å². The number of methoxy groups -OCH3 is 1. The zero-order valence-corrected chi connectivity index (χ0v) is 10.1. The molecule has 0 aromatic carbocycles. The number of hydrogen-bond acceptors (Lipinski definition) is 4. The number of ether oxygens (including phenoxy) is 2. The summed E-state index contributed by atoms with van der Waals surface area (Å²) in [4.78, 5) is 22.7. The van der Waals surface area contributed by atoms with Gasteiger partial charge in [-0.2, -0.15) is 0 Å². The largest absolute Gasteiger partial charge is 0.469 e. The fraction of sp³-hybridized carbons (Fsp3) is 0.818. The van der Waals surface area contributed by atoms with E-state index < -0.39 is 5.41 Å². The van der Waals surface area contributed by atoms with Gasteiger partial charge in [-0.1, -0.05) is 6.92 Å². The normalized spacial score (nSPS) is 13.1. The van der Waals surface area contributed by atoms with Gasteiger partial charge in [0.1, 0.15) is 0 Å². The van der Waals surface area contributed by atoms with E-state index in [9.17, 15) is 9.59 Å². The van der Waals surface area contributed by atoms with Crippen molar-refractivity contribution in [3.63, 3.8) is 0 Å². The summed E-state index contributed by atoms with van der Waals surface area (Å²) in [6.07, 6.45) is 0.232. The summed E-state index contributed by atoms with van der Waals surface area (Å²) < 4.78 is 9.52. The third-order valence-corrected chi connectivity index (χ3v) is 2.72. The lowest BCUT2D eigenvalue weighted by Gasteiger charge is -2.27. The maximum absolute atomic E-state index is 11.4. The van der Waals surface area contributed by atoms with Crippen LogP contribution in [0.15, 0.2) is 0 Å². The highest BCUT2D eigenvalue weighted by atomic mass is 16.5. The van der Waals surface area contributed by atoms with Gasteiger partial charge in [0.2, 0.25) is 0 Å². The second kappa shape index (κ2) is 5.73. The number of rotatable bonds is 5. The van der Waals surface area contributed by atoms with Crippen molar-refractivity contribution >= 4 is 11.9 Å². The molecule has 4 nitrogen and oxygen atoms in total. The van der Waals surface area contributed by atoms with Crippen LogP contribution in [0.1, 0.15) is 34.1 Å². The Kier molecular flexibility index (Phi) is 5.33. The third-order valence-electron chi connectivity index (χ3n) is 2.72. The predicted octanol–water partition coefficient (Wildman–Crippen LogP) is 1.77. The Morgan fingerprint density at radius 1 is 1.33 bits per heavy atom. The molecule has 15 heavy (non-hydrogen) atoms. The fourth-order valence-electron chi connectivity index (χ4n) is 1.19. The van der Waals surface area contributed by atoms with E-state index in [0.29, 0.717) is 6.61 Å². The monoisotopic (exact) mass is 216 g/mol. The first-order chi connectivity index (χ1) is 6.86. The van der Waals surface area contributed by atoms with Crippen LogP contribution in [0.5, 0.6) is 0 Å². The van der Waals surface area contributed by atoms with Gasteiger partial charge in [-0.15, -0.1) is 0 Å². The van der Waals surface area contributed by atoms with Crippen LogP contribution in [-0.4, -0.2) is 25.7 Å². The third kappa shape index (κ3) is 3.90. The second-order valence-corrected chi connectivity index (χ2v) is 4.12. The first-order valence-corrected chi connectivity index (χ1v) is 5.10. The molecule has 0 aromatic heterocycles. The van der Waals surface area contributed by atoms with E-state index in [4.69, 9.17) is 4.74 Å². The summed E-state index contributed by atoms with van der Waals surface area (Å²) in [7, 11) is 1.35. The highest BCUT2D eigenvalue weighted by Crippen LogP contribution is 2.30. The van der Waals surface area contributed by atoms with Crippen molar-refractivity contribution in [2.45, 2.75) is 34.1 Å². The average molecular weight is 216 g/mol. The van der Waals surface area contributed by atoms with Gasteiger partial charge in [0, 0.05) is 6.42 Å². The highest BCUT2D eigenvalue weighted by Gasteiger charge is 2.36. The molecule has 0 aliphatic carbocycles. The Bertz CT molecular complexity index is 233. The summed E-state index contributed by atoms with van der Waals surface area (Å²) in [6.45, 7) is 7.50. The highest BCUT2D eigenvalue weighted by molar-refractivity contribution is 5.77. The lowest BCUT2D eigenvalue weighted by Crippen LogP contribution is -2.34. The van der Waals surface area contributed by atoms with Crippen molar-refractivity contribution < 1.29 is 19.1 Å². The minimum absolute atomic E-state index is 0.107. The SMILES string of the molecule is CCOC(=O)CC(C)C(C)(C)C(=O)OC. The van der Waals surface area contributed by atoms with Gasteiger partial charge in [-0.3, -0.25) is 9.59 Å². The first kappa shape index (κ1) is 13.9. The van der Waals surface area contributed by atoms with E-state index in [0.717, 1.165) is 0 Å². The van der Waals surface area contributed by atoms with E-state index in [-0.39, 0.29) is 24.3 Å². The number of hydrogen-bond donors (Lipinski definition) is 0. The maximum atomic E-state index is 11.4. The quantitative estimate of drug-likeness (QED) is 0.657. The molecular weight excluding hydrogens is 196 g/mol. The minimum Gasteiger partial charge on any atom is -0.469 e. The van der Waals surface area contributed by atoms with Crippen LogP contribution in [-0.2, 0) is 19.1 Å². The van der Waals surface area contributed by atoms with Crippen LogP contribution in [0.3, 0.4) is 0 Å². The fourth-order valence-corrected chi connectivity index (χ4v) is 1.19. The number of carbonyl (C=O) groups excluding carboxylic acids is 2. The van der Waals surface area contributed by atoms with Crippen molar-refractivity contribution in [1.29, 1.82) is 0 Å². The van der Waals surface area contributed by atoms with Crippen LogP contribution in [0.2, 0.25) is 0 Å². The standard InChI is InChI=1S/C11H20O4/c1-6-15-9(12)7-8(2)11(3,4)10(13)14-5/h8H,6-7H2,1-5H3. The topological polar surface area (TPSA) is 52.6 Å². The Labute approximate surface area is 90.9 Å². The zero-order chi connectivity index (χ0) is 12.1. The van der Waals surface area contributed by atoms with Gasteiger partial charge in [-0.05, 0) is 26.7 Å². The Morgan fingerprint density at radius 3 is 2.27 bits per heavy atom. The summed E-state index contributed by atoms with van der Waals surface area (Å²) >= 11 is 0. The van der Waals surface area contributed by atoms with E-state index in [1.807, 2.05) is 6.92 Å². The van der Waals surface area contributed by atoms with Crippen LogP contribution >= 0.6 is 0 Å². The summed E-state index contributed by atoms with van der Waals surface area (Å²) in [5.74, 6) is -0.690. The zero-order valence-electron chi connectivity index (χ0n) is 10.1. The molecule has 0 rings (SSSR count). The molecule has 0 amide bonds. The van der Waals surface area contributed by atoms with Crippen LogP contribution < -0.4 is 0 Å². The first-order valence-electron chi connectivity index (χ1n) is 5.10. The molecule has 1 unspecified atom stereocenters. The number of esters is 2. The summed E-state index contributed by atoms with van der Waals surface area (Å²) in [5.41, 5.74) is -0.665. The Hall–Kier alpha value is -1.06. The molecule has 0 spiro atoms. The van der Waals surface area contributed by atoms with Gasteiger partial charge in [0.25, 0.3) is 0 Å². The second-order valence-electron chi connectivity index (χ2n) is 4.12. The lowest BCUT2D eigenvalue weighted by atomic mass is 9.78. The van der Waals surface area contributed by atoms with E-state index >= 15 is 0 Å². The molecule has 0 radical (unpaired) electrons.